The lowest BCUT2D eigenvalue weighted by Gasteiger charge is -2.36. The number of non-ortho nitro benzene ring substituents is 1. The molecule has 1 aliphatic rings. The number of benzene rings is 1. The fourth-order valence-electron chi connectivity index (χ4n) is 2.91. The third kappa shape index (κ3) is 3.48. The fourth-order valence-corrected chi connectivity index (χ4v) is 2.91. The first-order chi connectivity index (χ1) is 11.0. The van der Waals surface area contributed by atoms with Gasteiger partial charge in [0.15, 0.2) is 5.82 Å². The molecule has 8 nitrogen and oxygen atoms in total. The lowest BCUT2D eigenvalue weighted by Crippen LogP contribution is -2.46. The maximum atomic E-state index is 10.8. The van der Waals surface area contributed by atoms with Gasteiger partial charge in [-0.25, -0.2) is 4.98 Å². The van der Waals surface area contributed by atoms with Crippen molar-refractivity contribution in [3.63, 3.8) is 0 Å². The Kier molecular flexibility index (Phi) is 4.24. The zero-order valence-electron chi connectivity index (χ0n) is 13.3. The van der Waals surface area contributed by atoms with Crippen molar-refractivity contribution >= 4 is 11.4 Å². The molecule has 0 bridgehead atoms. The minimum atomic E-state index is -0.354. The van der Waals surface area contributed by atoms with Gasteiger partial charge < -0.3 is 4.90 Å². The number of anilines is 1. The van der Waals surface area contributed by atoms with Crippen LogP contribution in [-0.2, 0) is 6.54 Å². The molecule has 2 aromatic rings. The summed E-state index contributed by atoms with van der Waals surface area (Å²) in [4.78, 5) is 19.4. The van der Waals surface area contributed by atoms with Gasteiger partial charge in [-0.05, 0) is 25.5 Å². The lowest BCUT2D eigenvalue weighted by atomic mass is 10.1. The zero-order valence-corrected chi connectivity index (χ0v) is 13.3. The fraction of sp³-hybridized carbons (Fsp3) is 0.467. The Morgan fingerprint density at radius 3 is 2.57 bits per heavy atom. The predicted molar refractivity (Wildman–Crippen MR) is 86.4 cm³/mol. The van der Waals surface area contributed by atoms with Gasteiger partial charge in [-0.1, -0.05) is 0 Å². The number of nitro benzene ring substituents is 1. The number of aromatic nitrogens is 3. The average Bonchev–Trinajstić information content (AvgIpc) is 2.93. The Morgan fingerprint density at radius 2 is 2.00 bits per heavy atom. The maximum absolute atomic E-state index is 10.8. The van der Waals surface area contributed by atoms with E-state index in [2.05, 4.69) is 25.0 Å². The highest BCUT2D eigenvalue weighted by Gasteiger charge is 2.20. The third-order valence-corrected chi connectivity index (χ3v) is 4.11. The van der Waals surface area contributed by atoms with Crippen LogP contribution < -0.4 is 4.90 Å². The van der Waals surface area contributed by atoms with Gasteiger partial charge >= 0.3 is 0 Å². The molecule has 0 amide bonds. The topological polar surface area (TPSA) is 91.2 Å². The van der Waals surface area contributed by atoms with Gasteiger partial charge in [0, 0.05) is 44.0 Å². The van der Waals surface area contributed by atoms with Crippen molar-refractivity contribution in [3.05, 3.63) is 45.5 Å². The molecule has 3 rings (SSSR count). The molecule has 8 heteroatoms. The van der Waals surface area contributed by atoms with E-state index in [1.165, 1.54) is 0 Å². The number of H-pyrrole nitrogens is 1. The molecule has 0 radical (unpaired) electrons. The van der Waals surface area contributed by atoms with Gasteiger partial charge in [-0.2, -0.15) is 5.10 Å². The van der Waals surface area contributed by atoms with Crippen molar-refractivity contribution in [2.24, 2.45) is 0 Å². The second-order valence-corrected chi connectivity index (χ2v) is 5.83. The van der Waals surface area contributed by atoms with Crippen molar-refractivity contribution < 1.29 is 4.92 Å². The van der Waals surface area contributed by atoms with E-state index in [1.807, 2.05) is 19.9 Å². The molecule has 1 aromatic heterocycles. The summed E-state index contributed by atoms with van der Waals surface area (Å²) in [6.07, 6.45) is 0. The first-order valence-corrected chi connectivity index (χ1v) is 7.63. The summed E-state index contributed by atoms with van der Waals surface area (Å²) in [5, 5.41) is 17.9. The highest BCUT2D eigenvalue weighted by Crippen LogP contribution is 2.25. The normalized spacial score (nSPS) is 15.8. The maximum Gasteiger partial charge on any atom is 0.269 e. The number of rotatable bonds is 4. The van der Waals surface area contributed by atoms with E-state index < -0.39 is 0 Å². The summed E-state index contributed by atoms with van der Waals surface area (Å²) >= 11 is 0. The van der Waals surface area contributed by atoms with E-state index in [-0.39, 0.29) is 10.6 Å². The predicted octanol–water partition coefficient (Wildman–Crippen LogP) is 1.65. The highest BCUT2D eigenvalue weighted by atomic mass is 16.6. The smallest absolute Gasteiger partial charge is 0.269 e. The second-order valence-electron chi connectivity index (χ2n) is 5.83. The van der Waals surface area contributed by atoms with Gasteiger partial charge in [0.05, 0.1) is 11.5 Å². The molecule has 2 heterocycles. The van der Waals surface area contributed by atoms with Crippen molar-refractivity contribution in [1.82, 2.24) is 20.1 Å². The minimum absolute atomic E-state index is 0.143. The van der Waals surface area contributed by atoms with Crippen LogP contribution in [0.5, 0.6) is 0 Å². The van der Waals surface area contributed by atoms with Crippen molar-refractivity contribution in [2.75, 3.05) is 31.1 Å². The van der Waals surface area contributed by atoms with Gasteiger partial charge in [0.1, 0.15) is 5.82 Å². The van der Waals surface area contributed by atoms with Gasteiger partial charge in [-0.15, -0.1) is 0 Å². The van der Waals surface area contributed by atoms with Gasteiger partial charge in [-0.3, -0.25) is 20.1 Å². The van der Waals surface area contributed by atoms with Crippen molar-refractivity contribution in [2.45, 2.75) is 20.4 Å². The van der Waals surface area contributed by atoms with Gasteiger partial charge in [0.2, 0.25) is 0 Å². The van der Waals surface area contributed by atoms with E-state index in [0.717, 1.165) is 55.6 Å². The molecule has 0 atom stereocenters. The summed E-state index contributed by atoms with van der Waals surface area (Å²) in [5.74, 6) is 1.66. The number of hydrogen-bond donors (Lipinski definition) is 1. The van der Waals surface area contributed by atoms with Crippen LogP contribution in [0.3, 0.4) is 0 Å². The summed E-state index contributed by atoms with van der Waals surface area (Å²) in [6, 6.07) is 5.06. The molecule has 1 N–H and O–H groups in total. The molecule has 1 aromatic carbocycles. The van der Waals surface area contributed by atoms with Crippen LogP contribution in [0.15, 0.2) is 18.2 Å². The monoisotopic (exact) mass is 316 g/mol. The molecular weight excluding hydrogens is 296 g/mol. The molecule has 1 aliphatic heterocycles. The number of aromatic amines is 1. The Hall–Kier alpha value is -2.48. The molecule has 0 saturated carbocycles. The van der Waals surface area contributed by atoms with Crippen molar-refractivity contribution in [1.29, 1.82) is 0 Å². The first-order valence-electron chi connectivity index (χ1n) is 7.63. The van der Waals surface area contributed by atoms with Crippen LogP contribution in [-0.4, -0.2) is 51.2 Å². The SMILES string of the molecule is Cc1nc(CN2CCN(c3ccc([N+](=O)[O-])cc3C)CC2)n[nH]1. The van der Waals surface area contributed by atoms with E-state index in [1.54, 1.807) is 12.1 Å². The number of nitro groups is 1. The van der Waals surface area contributed by atoms with E-state index in [0.29, 0.717) is 0 Å². The molecular formula is C15H20N6O2. The number of hydrogen-bond acceptors (Lipinski definition) is 6. The summed E-state index contributed by atoms with van der Waals surface area (Å²) in [7, 11) is 0. The first kappa shape index (κ1) is 15.4. The molecule has 122 valence electrons. The van der Waals surface area contributed by atoms with E-state index in [9.17, 15) is 10.1 Å². The number of nitrogens with zero attached hydrogens (tertiary/aromatic N) is 5. The van der Waals surface area contributed by atoms with Crippen molar-refractivity contribution in [3.8, 4) is 0 Å². The Balaban J connectivity index is 1.61. The van der Waals surface area contributed by atoms with Gasteiger partial charge in [0.25, 0.3) is 5.69 Å². The minimum Gasteiger partial charge on any atom is -0.369 e. The Morgan fingerprint density at radius 1 is 1.26 bits per heavy atom. The largest absolute Gasteiger partial charge is 0.369 e. The molecule has 0 unspecified atom stereocenters. The lowest BCUT2D eigenvalue weighted by molar-refractivity contribution is -0.384. The Labute approximate surface area is 134 Å². The van der Waals surface area contributed by atoms with Crippen LogP contribution in [0.1, 0.15) is 17.2 Å². The standard InChI is InChI=1S/C15H20N6O2/c1-11-9-13(21(22)23)3-4-14(11)20-7-5-19(6-8-20)10-15-16-12(2)17-18-15/h3-4,9H,5-8,10H2,1-2H3,(H,16,17,18). The number of aryl methyl sites for hydroxylation is 2. The summed E-state index contributed by atoms with van der Waals surface area (Å²) < 4.78 is 0. The van der Waals surface area contributed by atoms with E-state index in [4.69, 9.17) is 0 Å². The second kappa shape index (κ2) is 6.33. The summed E-state index contributed by atoms with van der Waals surface area (Å²) in [5.41, 5.74) is 2.16. The molecule has 0 aliphatic carbocycles. The quantitative estimate of drug-likeness (QED) is 0.681. The van der Waals surface area contributed by atoms with Crippen LogP contribution in [0.4, 0.5) is 11.4 Å². The summed E-state index contributed by atoms with van der Waals surface area (Å²) in [6.45, 7) is 8.19. The van der Waals surface area contributed by atoms with E-state index >= 15 is 0 Å². The molecule has 1 saturated heterocycles. The number of piperazine rings is 1. The molecule has 0 spiro atoms. The average molecular weight is 316 g/mol. The van der Waals surface area contributed by atoms with Crippen LogP contribution >= 0.6 is 0 Å². The highest BCUT2D eigenvalue weighted by molar-refractivity contribution is 5.57. The third-order valence-electron chi connectivity index (χ3n) is 4.11. The van der Waals surface area contributed by atoms with Crippen LogP contribution in [0.2, 0.25) is 0 Å². The zero-order chi connectivity index (χ0) is 16.4. The van der Waals surface area contributed by atoms with Crippen LogP contribution in [0, 0.1) is 24.0 Å². The number of nitrogens with one attached hydrogen (secondary N) is 1. The Bertz CT molecular complexity index is 706. The molecule has 1 fully saturated rings. The molecule has 23 heavy (non-hydrogen) atoms. The van der Waals surface area contributed by atoms with Crippen LogP contribution in [0.25, 0.3) is 0 Å².